The van der Waals surface area contributed by atoms with Crippen LogP contribution in [-0.2, 0) is 0 Å². The van der Waals surface area contributed by atoms with Crippen LogP contribution in [0.4, 0.5) is 8.78 Å². The lowest BCUT2D eigenvalue weighted by atomic mass is 10.2. The first-order valence-electron chi connectivity index (χ1n) is 6.26. The maximum absolute atomic E-state index is 14.2. The Balaban J connectivity index is 2.39. The maximum atomic E-state index is 14.2. The maximum Gasteiger partial charge on any atom is 0.182 e. The van der Waals surface area contributed by atoms with Crippen molar-refractivity contribution < 1.29 is 13.5 Å². The van der Waals surface area contributed by atoms with Crippen molar-refractivity contribution in [2.75, 3.05) is 7.11 Å². The molecule has 0 unspecified atom stereocenters. The van der Waals surface area contributed by atoms with Crippen molar-refractivity contribution in [2.45, 2.75) is 6.92 Å². The fraction of sp³-hybridized carbons (Fsp3) is 0.133. The van der Waals surface area contributed by atoms with Gasteiger partial charge in [-0.3, -0.25) is 4.57 Å². The number of hydrogen-bond acceptors (Lipinski definition) is 2. The SMILES string of the molecule is COc1cccc2c1[nH]c(=S)n2-c1cc(F)c(C)cc1F. The number of nitrogens with zero attached hydrogens (tertiary/aromatic N) is 1. The van der Waals surface area contributed by atoms with E-state index in [2.05, 4.69) is 4.98 Å². The van der Waals surface area contributed by atoms with Gasteiger partial charge >= 0.3 is 0 Å². The van der Waals surface area contributed by atoms with Crippen LogP contribution in [0.15, 0.2) is 30.3 Å². The molecule has 108 valence electrons. The van der Waals surface area contributed by atoms with E-state index in [1.54, 1.807) is 18.2 Å². The minimum Gasteiger partial charge on any atom is -0.494 e. The highest BCUT2D eigenvalue weighted by Gasteiger charge is 2.15. The third kappa shape index (κ3) is 2.12. The van der Waals surface area contributed by atoms with E-state index in [-0.39, 0.29) is 16.0 Å². The zero-order valence-electron chi connectivity index (χ0n) is 11.4. The molecule has 0 aliphatic carbocycles. The number of hydrogen-bond donors (Lipinski definition) is 1. The van der Waals surface area contributed by atoms with Gasteiger partial charge < -0.3 is 9.72 Å². The molecule has 0 saturated heterocycles. The van der Waals surface area contributed by atoms with E-state index in [1.165, 1.54) is 18.6 Å². The summed E-state index contributed by atoms with van der Waals surface area (Å²) in [6, 6.07) is 7.60. The van der Waals surface area contributed by atoms with Gasteiger partial charge in [-0.2, -0.15) is 0 Å². The highest BCUT2D eigenvalue weighted by molar-refractivity contribution is 7.71. The van der Waals surface area contributed by atoms with Gasteiger partial charge in [0.25, 0.3) is 0 Å². The molecular formula is C15H12F2N2OS. The van der Waals surface area contributed by atoms with Crippen molar-refractivity contribution in [2.24, 2.45) is 0 Å². The molecule has 0 fully saturated rings. The number of aromatic nitrogens is 2. The van der Waals surface area contributed by atoms with Gasteiger partial charge in [-0.05, 0) is 42.9 Å². The molecule has 1 N–H and O–H groups in total. The molecule has 3 nitrogen and oxygen atoms in total. The van der Waals surface area contributed by atoms with Gasteiger partial charge in [0, 0.05) is 6.07 Å². The number of H-pyrrole nitrogens is 1. The minimum absolute atomic E-state index is 0.0719. The summed E-state index contributed by atoms with van der Waals surface area (Å²) >= 11 is 5.24. The summed E-state index contributed by atoms with van der Waals surface area (Å²) in [6.45, 7) is 1.51. The van der Waals surface area contributed by atoms with E-state index < -0.39 is 11.6 Å². The van der Waals surface area contributed by atoms with Crippen LogP contribution < -0.4 is 4.74 Å². The van der Waals surface area contributed by atoms with Crippen LogP contribution >= 0.6 is 12.2 Å². The van der Waals surface area contributed by atoms with E-state index in [0.29, 0.717) is 16.8 Å². The van der Waals surface area contributed by atoms with Gasteiger partial charge in [-0.25, -0.2) is 8.78 Å². The number of benzene rings is 2. The molecule has 3 aromatic rings. The summed E-state index contributed by atoms with van der Waals surface area (Å²) in [5, 5.41) is 0. The molecule has 21 heavy (non-hydrogen) atoms. The van der Waals surface area contributed by atoms with E-state index >= 15 is 0 Å². The fourth-order valence-electron chi connectivity index (χ4n) is 2.32. The number of methoxy groups -OCH3 is 1. The molecular weight excluding hydrogens is 294 g/mol. The Morgan fingerprint density at radius 1 is 1.19 bits per heavy atom. The molecule has 6 heteroatoms. The third-order valence-corrected chi connectivity index (χ3v) is 3.65. The van der Waals surface area contributed by atoms with Crippen molar-refractivity contribution in [1.82, 2.24) is 9.55 Å². The fourth-order valence-corrected chi connectivity index (χ4v) is 2.62. The zero-order valence-corrected chi connectivity index (χ0v) is 12.2. The van der Waals surface area contributed by atoms with Gasteiger partial charge in [0.2, 0.25) is 0 Å². The first kappa shape index (κ1) is 13.8. The van der Waals surface area contributed by atoms with E-state index in [1.807, 2.05) is 0 Å². The molecule has 0 aliphatic rings. The number of aryl methyl sites for hydroxylation is 1. The highest BCUT2D eigenvalue weighted by Crippen LogP contribution is 2.28. The number of aromatic amines is 1. The summed E-state index contributed by atoms with van der Waals surface area (Å²) in [5.41, 5.74) is 1.59. The number of imidazole rings is 1. The average molecular weight is 306 g/mol. The second kappa shape index (κ2) is 4.96. The summed E-state index contributed by atoms with van der Waals surface area (Å²) in [4.78, 5) is 2.97. The lowest BCUT2D eigenvalue weighted by Gasteiger charge is -2.08. The highest BCUT2D eigenvalue weighted by atomic mass is 32.1. The predicted octanol–water partition coefficient (Wildman–Crippen LogP) is 4.28. The summed E-state index contributed by atoms with van der Waals surface area (Å²) in [6.07, 6.45) is 0. The zero-order chi connectivity index (χ0) is 15.1. The molecule has 0 radical (unpaired) electrons. The molecule has 0 bridgehead atoms. The van der Waals surface area contributed by atoms with Crippen LogP contribution in [0, 0.1) is 23.3 Å². The van der Waals surface area contributed by atoms with Crippen LogP contribution in [0.1, 0.15) is 5.56 Å². The molecule has 0 spiro atoms. The smallest absolute Gasteiger partial charge is 0.182 e. The Morgan fingerprint density at radius 2 is 1.95 bits per heavy atom. The van der Waals surface area contributed by atoms with E-state index in [9.17, 15) is 8.78 Å². The second-order valence-electron chi connectivity index (χ2n) is 4.67. The lowest BCUT2D eigenvalue weighted by molar-refractivity contribution is 0.419. The summed E-state index contributed by atoms with van der Waals surface area (Å²) in [7, 11) is 1.54. The van der Waals surface area contributed by atoms with Gasteiger partial charge in [0.1, 0.15) is 22.9 Å². The Bertz CT molecular complexity index is 899. The second-order valence-corrected chi connectivity index (χ2v) is 5.06. The van der Waals surface area contributed by atoms with E-state index in [0.717, 1.165) is 12.1 Å². The number of halogens is 2. The quantitative estimate of drug-likeness (QED) is 0.716. The normalized spacial score (nSPS) is 11.0. The topological polar surface area (TPSA) is 29.9 Å². The molecule has 2 aromatic carbocycles. The van der Waals surface area contributed by atoms with Crippen molar-refractivity contribution in [3.8, 4) is 11.4 Å². The molecule has 0 atom stereocenters. The Morgan fingerprint density at radius 3 is 2.67 bits per heavy atom. The number of nitrogens with one attached hydrogen (secondary N) is 1. The number of para-hydroxylation sites is 1. The van der Waals surface area contributed by atoms with Gasteiger partial charge in [0.15, 0.2) is 4.77 Å². The van der Waals surface area contributed by atoms with Crippen LogP contribution in [0.2, 0.25) is 0 Å². The molecule has 1 aromatic heterocycles. The average Bonchev–Trinajstić information content (AvgIpc) is 2.79. The van der Waals surface area contributed by atoms with Crippen LogP contribution in [0.25, 0.3) is 16.7 Å². The first-order valence-corrected chi connectivity index (χ1v) is 6.67. The van der Waals surface area contributed by atoms with Crippen LogP contribution in [-0.4, -0.2) is 16.7 Å². The van der Waals surface area contributed by atoms with Crippen molar-refractivity contribution >= 4 is 23.3 Å². The Labute approximate surface area is 124 Å². The van der Waals surface area contributed by atoms with Gasteiger partial charge in [-0.15, -0.1) is 0 Å². The first-order chi connectivity index (χ1) is 10.0. The van der Waals surface area contributed by atoms with Crippen molar-refractivity contribution in [3.63, 3.8) is 0 Å². The standard InChI is InChI=1S/C15H12F2N2OS/c1-8-6-10(17)12(7-9(8)16)19-11-4-3-5-13(20-2)14(11)18-15(19)21/h3-7H,1-2H3,(H,18,21). The van der Waals surface area contributed by atoms with Gasteiger partial charge in [-0.1, -0.05) is 6.07 Å². The molecule has 1 heterocycles. The van der Waals surface area contributed by atoms with Crippen LogP contribution in [0.5, 0.6) is 5.75 Å². The minimum atomic E-state index is -0.534. The monoisotopic (exact) mass is 306 g/mol. The number of rotatable bonds is 2. The summed E-state index contributed by atoms with van der Waals surface area (Å²) < 4.78 is 35.0. The number of fused-ring (bicyclic) bond motifs is 1. The summed E-state index contributed by atoms with van der Waals surface area (Å²) in [5.74, 6) is -0.426. The molecule has 0 aliphatic heterocycles. The van der Waals surface area contributed by atoms with E-state index in [4.69, 9.17) is 17.0 Å². The largest absolute Gasteiger partial charge is 0.494 e. The van der Waals surface area contributed by atoms with Crippen molar-refractivity contribution in [3.05, 3.63) is 52.3 Å². The number of ether oxygens (including phenoxy) is 1. The predicted molar refractivity (Wildman–Crippen MR) is 79.7 cm³/mol. The third-order valence-electron chi connectivity index (χ3n) is 3.37. The Hall–Kier alpha value is -2.21. The van der Waals surface area contributed by atoms with Gasteiger partial charge in [0.05, 0.1) is 18.3 Å². The molecule has 0 saturated carbocycles. The molecule has 0 amide bonds. The molecule has 3 rings (SSSR count). The Kier molecular flexibility index (Phi) is 3.25. The van der Waals surface area contributed by atoms with Crippen molar-refractivity contribution in [1.29, 1.82) is 0 Å². The lowest BCUT2D eigenvalue weighted by Crippen LogP contribution is -2.00. The van der Waals surface area contributed by atoms with Crippen LogP contribution in [0.3, 0.4) is 0 Å².